The smallest absolute Gasteiger partial charge is 0.237 e. The zero-order valence-electron chi connectivity index (χ0n) is 7.93. The van der Waals surface area contributed by atoms with Gasteiger partial charge < -0.3 is 16.2 Å². The average Bonchev–Trinajstić information content (AvgIpc) is 2.16. The molecule has 4 N–H and O–H groups in total. The first-order chi connectivity index (χ1) is 6.59. The van der Waals surface area contributed by atoms with Crippen LogP contribution in [0.15, 0.2) is 18.3 Å². The summed E-state index contributed by atoms with van der Waals surface area (Å²) in [4.78, 5) is 14.6. The second kappa shape index (κ2) is 4.57. The standard InChI is InChI=1S/C9H13N3O2/c1-6-2-3-7(4-12-6)14-5-8(10)9(11)13/h2-4,8H,5,10H2,1H3,(H2,11,13). The molecule has 0 saturated heterocycles. The Morgan fingerprint density at radius 3 is 2.86 bits per heavy atom. The molecule has 0 aliphatic heterocycles. The number of ether oxygens (including phenoxy) is 1. The van der Waals surface area contributed by atoms with Crippen molar-refractivity contribution < 1.29 is 9.53 Å². The first kappa shape index (κ1) is 10.5. The summed E-state index contributed by atoms with van der Waals surface area (Å²) in [5.74, 6) is -0.00243. The molecule has 1 unspecified atom stereocenters. The lowest BCUT2D eigenvalue weighted by molar-refractivity contribution is -0.119. The predicted octanol–water partition coefficient (Wildman–Crippen LogP) is -0.419. The van der Waals surface area contributed by atoms with Crippen LogP contribution in [0, 0.1) is 6.92 Å². The van der Waals surface area contributed by atoms with E-state index in [4.69, 9.17) is 16.2 Å². The van der Waals surface area contributed by atoms with Gasteiger partial charge in [-0.2, -0.15) is 0 Å². The zero-order chi connectivity index (χ0) is 10.6. The highest BCUT2D eigenvalue weighted by Crippen LogP contribution is 2.08. The second-order valence-corrected chi connectivity index (χ2v) is 2.96. The molecule has 76 valence electrons. The Kier molecular flexibility index (Phi) is 3.41. The van der Waals surface area contributed by atoms with Crippen LogP contribution in [0.1, 0.15) is 5.69 Å². The minimum absolute atomic E-state index is 0.0695. The summed E-state index contributed by atoms with van der Waals surface area (Å²) in [5.41, 5.74) is 11.2. The van der Waals surface area contributed by atoms with Crippen LogP contribution in [0.4, 0.5) is 0 Å². The number of carbonyl (C=O) groups excluding carboxylic acids is 1. The van der Waals surface area contributed by atoms with E-state index in [0.717, 1.165) is 5.69 Å². The number of aryl methyl sites for hydroxylation is 1. The van der Waals surface area contributed by atoms with Crippen LogP contribution in [-0.2, 0) is 4.79 Å². The van der Waals surface area contributed by atoms with Gasteiger partial charge >= 0.3 is 0 Å². The minimum atomic E-state index is -0.781. The Bertz CT molecular complexity index is 310. The Morgan fingerprint density at radius 1 is 1.64 bits per heavy atom. The van der Waals surface area contributed by atoms with Gasteiger partial charge in [-0.3, -0.25) is 9.78 Å². The molecule has 0 saturated carbocycles. The van der Waals surface area contributed by atoms with E-state index in [2.05, 4.69) is 4.98 Å². The quantitative estimate of drug-likeness (QED) is 0.682. The van der Waals surface area contributed by atoms with E-state index in [1.165, 1.54) is 0 Å². The van der Waals surface area contributed by atoms with Crippen molar-refractivity contribution in [2.45, 2.75) is 13.0 Å². The molecule has 0 aliphatic carbocycles. The maximum Gasteiger partial charge on any atom is 0.237 e. The zero-order valence-corrected chi connectivity index (χ0v) is 7.93. The Balaban J connectivity index is 2.46. The van der Waals surface area contributed by atoms with Crippen LogP contribution in [0.25, 0.3) is 0 Å². The number of amides is 1. The number of nitrogens with two attached hydrogens (primary N) is 2. The lowest BCUT2D eigenvalue weighted by atomic mass is 10.3. The van der Waals surface area contributed by atoms with Crippen molar-refractivity contribution in [3.8, 4) is 5.75 Å². The number of pyridine rings is 1. The van der Waals surface area contributed by atoms with Crippen molar-refractivity contribution in [3.05, 3.63) is 24.0 Å². The van der Waals surface area contributed by atoms with Gasteiger partial charge in [0.1, 0.15) is 18.4 Å². The third-order valence-electron chi connectivity index (χ3n) is 1.68. The van der Waals surface area contributed by atoms with E-state index in [9.17, 15) is 4.79 Å². The summed E-state index contributed by atoms with van der Waals surface area (Å²) < 4.78 is 5.20. The first-order valence-corrected chi connectivity index (χ1v) is 4.20. The van der Waals surface area contributed by atoms with Gasteiger partial charge in [-0.1, -0.05) is 0 Å². The van der Waals surface area contributed by atoms with Crippen LogP contribution in [0.2, 0.25) is 0 Å². The number of aromatic nitrogens is 1. The molecule has 0 aromatic carbocycles. The maximum absolute atomic E-state index is 10.6. The number of nitrogens with zero attached hydrogens (tertiary/aromatic N) is 1. The van der Waals surface area contributed by atoms with Crippen LogP contribution < -0.4 is 16.2 Å². The highest BCUT2D eigenvalue weighted by atomic mass is 16.5. The summed E-state index contributed by atoms with van der Waals surface area (Å²) in [6, 6.07) is 2.79. The number of hydrogen-bond donors (Lipinski definition) is 2. The van der Waals surface area contributed by atoms with Crippen LogP contribution in [-0.4, -0.2) is 23.5 Å². The number of rotatable bonds is 4. The molecule has 0 fully saturated rings. The summed E-state index contributed by atoms with van der Waals surface area (Å²) in [6.07, 6.45) is 1.57. The average molecular weight is 195 g/mol. The molecule has 14 heavy (non-hydrogen) atoms. The highest BCUT2D eigenvalue weighted by Gasteiger charge is 2.09. The first-order valence-electron chi connectivity index (χ1n) is 4.20. The Hall–Kier alpha value is -1.62. The molecule has 1 rings (SSSR count). The van der Waals surface area contributed by atoms with Crippen molar-refractivity contribution in [2.75, 3.05) is 6.61 Å². The van der Waals surface area contributed by atoms with Crippen molar-refractivity contribution >= 4 is 5.91 Å². The SMILES string of the molecule is Cc1ccc(OCC(N)C(N)=O)cn1. The second-order valence-electron chi connectivity index (χ2n) is 2.96. The third kappa shape index (κ3) is 3.02. The van der Waals surface area contributed by atoms with Crippen molar-refractivity contribution in [2.24, 2.45) is 11.5 Å². The molecule has 0 spiro atoms. The topological polar surface area (TPSA) is 91.2 Å². The molecular weight excluding hydrogens is 182 g/mol. The lowest BCUT2D eigenvalue weighted by Gasteiger charge is -2.09. The molecule has 0 bridgehead atoms. The summed E-state index contributed by atoms with van der Waals surface area (Å²) in [7, 11) is 0. The van der Waals surface area contributed by atoms with E-state index >= 15 is 0 Å². The van der Waals surface area contributed by atoms with Gasteiger partial charge in [0.2, 0.25) is 5.91 Å². The molecule has 1 amide bonds. The van der Waals surface area contributed by atoms with Gasteiger partial charge in [-0.15, -0.1) is 0 Å². The van der Waals surface area contributed by atoms with E-state index in [1.807, 2.05) is 13.0 Å². The van der Waals surface area contributed by atoms with E-state index in [-0.39, 0.29) is 6.61 Å². The highest BCUT2D eigenvalue weighted by molar-refractivity contribution is 5.79. The largest absolute Gasteiger partial charge is 0.490 e. The molecule has 1 heterocycles. The van der Waals surface area contributed by atoms with Gasteiger partial charge in [0, 0.05) is 5.69 Å². The van der Waals surface area contributed by atoms with E-state index in [1.54, 1.807) is 12.3 Å². The van der Waals surface area contributed by atoms with E-state index < -0.39 is 11.9 Å². The molecule has 1 atom stereocenters. The van der Waals surface area contributed by atoms with Gasteiger partial charge in [0.05, 0.1) is 6.20 Å². The molecule has 5 heteroatoms. The summed E-state index contributed by atoms with van der Waals surface area (Å²) in [6.45, 7) is 1.94. The number of primary amides is 1. The Morgan fingerprint density at radius 2 is 2.36 bits per heavy atom. The number of carbonyl (C=O) groups is 1. The van der Waals surface area contributed by atoms with Crippen molar-refractivity contribution in [3.63, 3.8) is 0 Å². The normalized spacial score (nSPS) is 12.1. The summed E-state index contributed by atoms with van der Waals surface area (Å²) in [5, 5.41) is 0. The van der Waals surface area contributed by atoms with Gasteiger partial charge in [0.15, 0.2) is 0 Å². The summed E-state index contributed by atoms with van der Waals surface area (Å²) >= 11 is 0. The molecule has 1 aromatic rings. The number of hydrogen-bond acceptors (Lipinski definition) is 4. The minimum Gasteiger partial charge on any atom is -0.490 e. The van der Waals surface area contributed by atoms with Crippen molar-refractivity contribution in [1.29, 1.82) is 0 Å². The molecule has 0 radical (unpaired) electrons. The van der Waals surface area contributed by atoms with Crippen LogP contribution in [0.5, 0.6) is 5.75 Å². The predicted molar refractivity (Wildman–Crippen MR) is 51.6 cm³/mol. The molecule has 1 aromatic heterocycles. The fourth-order valence-corrected chi connectivity index (χ4v) is 0.808. The monoisotopic (exact) mass is 195 g/mol. The maximum atomic E-state index is 10.6. The molecule has 0 aliphatic rings. The van der Waals surface area contributed by atoms with Crippen LogP contribution in [0.3, 0.4) is 0 Å². The van der Waals surface area contributed by atoms with E-state index in [0.29, 0.717) is 5.75 Å². The fraction of sp³-hybridized carbons (Fsp3) is 0.333. The Labute approximate surface area is 82.1 Å². The third-order valence-corrected chi connectivity index (χ3v) is 1.68. The van der Waals surface area contributed by atoms with Gasteiger partial charge in [-0.05, 0) is 19.1 Å². The molecular formula is C9H13N3O2. The lowest BCUT2D eigenvalue weighted by Crippen LogP contribution is -2.41. The van der Waals surface area contributed by atoms with Crippen LogP contribution >= 0.6 is 0 Å². The van der Waals surface area contributed by atoms with Gasteiger partial charge in [0.25, 0.3) is 0 Å². The van der Waals surface area contributed by atoms with Gasteiger partial charge in [-0.25, -0.2) is 0 Å². The fourth-order valence-electron chi connectivity index (χ4n) is 0.808. The van der Waals surface area contributed by atoms with Crippen molar-refractivity contribution in [1.82, 2.24) is 4.98 Å². The molecule has 5 nitrogen and oxygen atoms in total.